The summed E-state index contributed by atoms with van der Waals surface area (Å²) in [7, 11) is 1.81. The van der Waals surface area contributed by atoms with E-state index in [9.17, 15) is 18.0 Å². The van der Waals surface area contributed by atoms with Crippen molar-refractivity contribution in [3.63, 3.8) is 0 Å². The molecular weight excluding hydrogens is 326 g/mol. The maximum absolute atomic E-state index is 12.5. The van der Waals surface area contributed by atoms with Gasteiger partial charge in [-0.2, -0.15) is 0 Å². The van der Waals surface area contributed by atoms with Gasteiger partial charge in [-0.1, -0.05) is 4.43 Å². The summed E-state index contributed by atoms with van der Waals surface area (Å²) in [6.45, 7) is 0. The second kappa shape index (κ2) is 5.44. The Morgan fingerprint density at radius 3 is 2.48 bits per heavy atom. The third-order valence-corrected chi connectivity index (χ3v) is 4.13. The SMILES string of the molecule is Cn1cnc2c(=O)n(-c3ccc(OC(F)(F)F)cc3)c[c]([AlH2])c21. The van der Waals surface area contributed by atoms with Gasteiger partial charge in [0, 0.05) is 18.9 Å². The molecule has 0 unspecified atom stereocenters. The number of aromatic nitrogens is 3. The van der Waals surface area contributed by atoms with Crippen LogP contribution < -0.4 is 14.7 Å². The molecule has 0 aliphatic heterocycles. The number of alkyl halides is 3. The van der Waals surface area contributed by atoms with Crippen LogP contribution in [-0.4, -0.2) is 36.8 Å². The first-order valence-corrected chi connectivity index (χ1v) is 7.66. The molecule has 5 nitrogen and oxygen atoms in total. The Morgan fingerprint density at radius 2 is 1.87 bits per heavy atom. The second-order valence-electron chi connectivity index (χ2n) is 5.08. The molecule has 0 N–H and O–H groups in total. The number of imidazole rings is 1. The highest BCUT2D eigenvalue weighted by atomic mass is 27.0. The lowest BCUT2D eigenvalue weighted by Crippen LogP contribution is -2.25. The zero-order valence-corrected chi connectivity index (χ0v) is 14.3. The summed E-state index contributed by atoms with van der Waals surface area (Å²) in [6, 6.07) is 5.14. The van der Waals surface area contributed by atoms with Gasteiger partial charge in [-0.15, -0.1) is 13.2 Å². The van der Waals surface area contributed by atoms with Crippen LogP contribution in [0.15, 0.2) is 41.6 Å². The molecule has 0 atom stereocenters. The third-order valence-electron chi connectivity index (χ3n) is 3.40. The first-order chi connectivity index (χ1) is 10.8. The first kappa shape index (κ1) is 15.7. The first-order valence-electron chi connectivity index (χ1n) is 6.66. The molecule has 1 aromatic carbocycles. The van der Waals surface area contributed by atoms with Crippen LogP contribution in [0.25, 0.3) is 16.7 Å². The van der Waals surface area contributed by atoms with Crippen LogP contribution in [0.5, 0.6) is 5.75 Å². The molecule has 0 aliphatic rings. The Kier molecular flexibility index (Phi) is 3.70. The van der Waals surface area contributed by atoms with Crippen LogP contribution in [0, 0.1) is 0 Å². The largest absolute Gasteiger partial charge is 0.573 e. The quantitative estimate of drug-likeness (QED) is 0.653. The van der Waals surface area contributed by atoms with Crippen molar-refractivity contribution in [1.82, 2.24) is 14.1 Å². The van der Waals surface area contributed by atoms with Crippen LogP contribution in [0.2, 0.25) is 0 Å². The number of rotatable bonds is 2. The molecule has 2 aromatic heterocycles. The summed E-state index contributed by atoms with van der Waals surface area (Å²) in [5, 5.41) is 0. The van der Waals surface area contributed by atoms with Crippen molar-refractivity contribution in [2.24, 2.45) is 7.05 Å². The number of halogens is 3. The molecule has 9 heteroatoms. The number of pyridine rings is 1. The van der Waals surface area contributed by atoms with Gasteiger partial charge in [-0.3, -0.25) is 9.36 Å². The molecule has 118 valence electrons. The predicted molar refractivity (Wildman–Crippen MR) is 81.2 cm³/mol. The fourth-order valence-corrected chi connectivity index (χ4v) is 3.33. The molecule has 23 heavy (non-hydrogen) atoms. The van der Waals surface area contributed by atoms with Gasteiger partial charge in [0.15, 0.2) is 5.52 Å². The fourth-order valence-electron chi connectivity index (χ4n) is 2.48. The Morgan fingerprint density at radius 1 is 1.22 bits per heavy atom. The van der Waals surface area contributed by atoms with Crippen molar-refractivity contribution >= 4 is 31.7 Å². The average molecular weight is 337 g/mol. The smallest absolute Gasteiger partial charge is 0.406 e. The van der Waals surface area contributed by atoms with Crippen LogP contribution >= 0.6 is 0 Å². The van der Waals surface area contributed by atoms with Crippen molar-refractivity contribution in [3.8, 4) is 11.4 Å². The lowest BCUT2D eigenvalue weighted by molar-refractivity contribution is -0.274. The lowest BCUT2D eigenvalue weighted by atomic mass is 10.3. The van der Waals surface area contributed by atoms with E-state index in [0.29, 0.717) is 27.5 Å². The fraction of sp³-hybridized carbons (Fsp3) is 0.143. The molecule has 0 bridgehead atoms. The molecule has 3 rings (SSSR count). The minimum Gasteiger partial charge on any atom is -0.406 e. The number of benzene rings is 1. The minimum absolute atomic E-state index is 0.315. The Bertz CT molecular complexity index is 929. The zero-order valence-electron chi connectivity index (χ0n) is 12.3. The van der Waals surface area contributed by atoms with Gasteiger partial charge >= 0.3 is 6.36 Å². The van der Waals surface area contributed by atoms with E-state index < -0.39 is 6.36 Å². The van der Waals surface area contributed by atoms with E-state index in [1.807, 2.05) is 7.05 Å². The molecular formula is C14H11AlF3N3O2. The van der Waals surface area contributed by atoms with E-state index in [-0.39, 0.29) is 11.3 Å². The molecule has 0 spiro atoms. The summed E-state index contributed by atoms with van der Waals surface area (Å²) in [6.07, 6.45) is -1.48. The van der Waals surface area contributed by atoms with Crippen molar-refractivity contribution in [2.75, 3.05) is 0 Å². The van der Waals surface area contributed by atoms with Gasteiger partial charge in [-0.05, 0) is 24.3 Å². The number of ether oxygens (including phenoxy) is 1. The highest BCUT2D eigenvalue weighted by Gasteiger charge is 2.31. The van der Waals surface area contributed by atoms with E-state index in [4.69, 9.17) is 0 Å². The second-order valence-corrected chi connectivity index (χ2v) is 6.16. The summed E-state index contributed by atoms with van der Waals surface area (Å²) in [5.74, 6) is -0.334. The summed E-state index contributed by atoms with van der Waals surface area (Å²) < 4.78 is 44.5. The third kappa shape index (κ3) is 2.98. The number of hydrogen-bond acceptors (Lipinski definition) is 3. The molecule has 0 amide bonds. The topological polar surface area (TPSA) is 49.0 Å². The van der Waals surface area contributed by atoms with Gasteiger partial charge in [0.05, 0.1) is 11.8 Å². The molecule has 2 heterocycles. The van der Waals surface area contributed by atoms with Gasteiger partial charge < -0.3 is 9.30 Å². The van der Waals surface area contributed by atoms with Crippen molar-refractivity contribution in [1.29, 1.82) is 0 Å². The molecule has 0 aliphatic carbocycles. The minimum atomic E-state index is -4.74. The molecule has 3 aromatic rings. The molecule has 0 fully saturated rings. The number of fused-ring (bicyclic) bond motifs is 1. The summed E-state index contributed by atoms with van der Waals surface area (Å²) in [4.78, 5) is 16.6. The van der Waals surface area contributed by atoms with Crippen LogP contribution in [-0.2, 0) is 7.05 Å². The van der Waals surface area contributed by atoms with E-state index >= 15 is 0 Å². The molecule has 0 saturated carbocycles. The van der Waals surface area contributed by atoms with E-state index in [2.05, 4.69) is 9.72 Å². The van der Waals surface area contributed by atoms with E-state index in [0.717, 1.165) is 9.94 Å². The normalized spacial score (nSPS) is 11.8. The van der Waals surface area contributed by atoms with Crippen LogP contribution in [0.3, 0.4) is 0 Å². The van der Waals surface area contributed by atoms with Gasteiger partial charge in [0.25, 0.3) is 21.8 Å². The van der Waals surface area contributed by atoms with Gasteiger partial charge in [-0.25, -0.2) is 4.98 Å². The number of aryl methyl sites for hydroxylation is 1. The van der Waals surface area contributed by atoms with Gasteiger partial charge in [0.2, 0.25) is 0 Å². The van der Waals surface area contributed by atoms with Crippen molar-refractivity contribution < 1.29 is 17.9 Å². The Balaban J connectivity index is 2.07. The highest BCUT2D eigenvalue weighted by Crippen LogP contribution is 2.23. The Hall–Kier alpha value is -2.24. The summed E-state index contributed by atoms with van der Waals surface area (Å²) in [5.41, 5.74) is 1.27. The monoisotopic (exact) mass is 337 g/mol. The van der Waals surface area contributed by atoms with E-state index in [1.54, 1.807) is 17.1 Å². The van der Waals surface area contributed by atoms with Crippen molar-refractivity contribution in [2.45, 2.75) is 6.36 Å². The predicted octanol–water partition coefficient (Wildman–Crippen LogP) is 0.881. The lowest BCUT2D eigenvalue weighted by Gasteiger charge is -2.11. The number of nitrogens with zero attached hydrogens (tertiary/aromatic N) is 3. The number of hydrogen-bond donors (Lipinski definition) is 0. The zero-order chi connectivity index (χ0) is 16.8. The maximum Gasteiger partial charge on any atom is 0.573 e. The Labute approximate surface area is 136 Å². The van der Waals surface area contributed by atoms with E-state index in [1.165, 1.54) is 28.8 Å². The summed E-state index contributed by atoms with van der Waals surface area (Å²) >= 11 is 0.697. The van der Waals surface area contributed by atoms with Crippen LogP contribution in [0.4, 0.5) is 13.2 Å². The average Bonchev–Trinajstić information content (AvgIpc) is 2.85. The molecule has 0 saturated heterocycles. The van der Waals surface area contributed by atoms with Crippen LogP contribution in [0.1, 0.15) is 0 Å². The van der Waals surface area contributed by atoms with Gasteiger partial charge in [0.1, 0.15) is 5.75 Å². The molecule has 0 radical (unpaired) electrons. The standard InChI is InChI=1S/C14H9F3N3O2.Al.2H/c1-19-8-18-12-11(19)6-7-20(13(12)21)9-2-4-10(5-3-9)22-14(15,16)17;;;/h2-5,7-8H,1H3;;;. The maximum atomic E-state index is 12.5. The van der Waals surface area contributed by atoms with Crippen molar-refractivity contribution in [3.05, 3.63) is 47.1 Å². The highest BCUT2D eigenvalue weighted by molar-refractivity contribution is 6.37.